The number of carboxylic acids is 1. The van der Waals surface area contributed by atoms with Crippen molar-refractivity contribution in [1.29, 1.82) is 0 Å². The number of aromatic nitrogens is 2. The highest BCUT2D eigenvalue weighted by Gasteiger charge is 2.24. The van der Waals surface area contributed by atoms with Crippen molar-refractivity contribution in [2.45, 2.75) is 13.0 Å². The number of nitrogens with zero attached hydrogens (tertiary/aromatic N) is 3. The second kappa shape index (κ2) is 8.28. The van der Waals surface area contributed by atoms with E-state index < -0.39 is 12.1 Å². The lowest BCUT2D eigenvalue weighted by Gasteiger charge is -2.17. The number of carbonyl (C=O) groups excluding carboxylic acids is 1. The number of carbonyl (C=O) groups is 2. The molecule has 136 valence electrons. The Hall–Kier alpha value is -3.16. The third-order valence-corrected chi connectivity index (χ3v) is 4.22. The van der Waals surface area contributed by atoms with E-state index in [2.05, 4.69) is 15.3 Å². The lowest BCUT2D eigenvalue weighted by Crippen LogP contribution is -2.31. The van der Waals surface area contributed by atoms with Crippen LogP contribution in [-0.4, -0.2) is 46.8 Å². The summed E-state index contributed by atoms with van der Waals surface area (Å²) in [5, 5.41) is 11.6. The van der Waals surface area contributed by atoms with Gasteiger partial charge in [0, 0.05) is 19.6 Å². The monoisotopic (exact) mass is 356 g/mol. The molecule has 1 unspecified atom stereocenters. The molecule has 0 aliphatic carbocycles. The van der Waals surface area contributed by atoms with Gasteiger partial charge in [-0.25, -0.2) is 19.6 Å². The molecular weight excluding hydrogens is 336 g/mol. The molecule has 0 bridgehead atoms. The van der Waals surface area contributed by atoms with Crippen LogP contribution < -0.4 is 10.2 Å². The molecule has 1 aromatic carbocycles. The van der Waals surface area contributed by atoms with Gasteiger partial charge < -0.3 is 20.1 Å². The minimum absolute atomic E-state index is 0.0766. The minimum Gasteiger partial charge on any atom is -0.476 e. The van der Waals surface area contributed by atoms with Crippen LogP contribution in [0.2, 0.25) is 0 Å². The van der Waals surface area contributed by atoms with E-state index in [1.807, 2.05) is 35.2 Å². The number of rotatable bonds is 6. The van der Waals surface area contributed by atoms with Crippen molar-refractivity contribution in [3.63, 3.8) is 0 Å². The zero-order chi connectivity index (χ0) is 18.4. The van der Waals surface area contributed by atoms with Gasteiger partial charge in [0.1, 0.15) is 12.4 Å². The molecule has 1 saturated heterocycles. The molecule has 1 amide bonds. The van der Waals surface area contributed by atoms with E-state index in [0.29, 0.717) is 12.4 Å². The van der Waals surface area contributed by atoms with Crippen LogP contribution in [-0.2, 0) is 11.3 Å². The average Bonchev–Trinajstić information content (AvgIpc) is 3.14. The Labute approximate surface area is 150 Å². The Bertz CT molecular complexity index is 752. The van der Waals surface area contributed by atoms with E-state index in [1.165, 1.54) is 12.4 Å². The first-order valence-electron chi connectivity index (χ1n) is 8.36. The Morgan fingerprint density at radius 3 is 2.73 bits per heavy atom. The molecule has 1 aliphatic heterocycles. The molecule has 0 radical (unpaired) electrons. The Morgan fingerprint density at radius 2 is 2.04 bits per heavy atom. The largest absolute Gasteiger partial charge is 0.476 e. The van der Waals surface area contributed by atoms with Gasteiger partial charge in [-0.15, -0.1) is 0 Å². The first-order valence-corrected chi connectivity index (χ1v) is 8.36. The molecule has 2 N–H and O–H groups in total. The summed E-state index contributed by atoms with van der Waals surface area (Å²) in [5.41, 5.74) is 0.866. The van der Waals surface area contributed by atoms with Crippen molar-refractivity contribution in [3.05, 3.63) is 54.0 Å². The topological polar surface area (TPSA) is 105 Å². The molecule has 1 fully saturated rings. The lowest BCUT2D eigenvalue weighted by molar-refractivity contribution is 0.0690. The molecule has 1 atom stereocenters. The fraction of sp³-hybridized carbons (Fsp3) is 0.333. The fourth-order valence-corrected chi connectivity index (χ4v) is 2.80. The number of alkyl carbamates (subject to hydrolysis) is 1. The Balaban J connectivity index is 1.41. The third-order valence-electron chi connectivity index (χ3n) is 4.22. The zero-order valence-electron chi connectivity index (χ0n) is 14.2. The molecule has 3 rings (SSSR count). The van der Waals surface area contributed by atoms with E-state index in [4.69, 9.17) is 9.84 Å². The van der Waals surface area contributed by atoms with Crippen LogP contribution in [0.3, 0.4) is 0 Å². The summed E-state index contributed by atoms with van der Waals surface area (Å²) in [6, 6.07) is 9.51. The summed E-state index contributed by atoms with van der Waals surface area (Å²) < 4.78 is 5.19. The SMILES string of the molecule is O=C(NCC1CCN(c2cnc(C(=O)O)cn2)C1)OCc1ccccc1. The van der Waals surface area contributed by atoms with Gasteiger partial charge in [0.15, 0.2) is 5.69 Å². The predicted octanol–water partition coefficient (Wildman–Crippen LogP) is 1.93. The van der Waals surface area contributed by atoms with Gasteiger partial charge in [0.2, 0.25) is 0 Å². The zero-order valence-corrected chi connectivity index (χ0v) is 14.2. The van der Waals surface area contributed by atoms with Gasteiger partial charge in [0.05, 0.1) is 12.4 Å². The lowest BCUT2D eigenvalue weighted by atomic mass is 10.1. The number of carboxylic acid groups (broad SMARTS) is 1. The van der Waals surface area contributed by atoms with Gasteiger partial charge in [-0.3, -0.25) is 0 Å². The maximum atomic E-state index is 11.8. The summed E-state index contributed by atoms with van der Waals surface area (Å²) in [6.07, 6.45) is 3.19. The molecule has 0 saturated carbocycles. The molecular formula is C18H20N4O4. The van der Waals surface area contributed by atoms with E-state index in [-0.39, 0.29) is 18.2 Å². The number of nitrogens with one attached hydrogen (secondary N) is 1. The van der Waals surface area contributed by atoms with Crippen LogP contribution in [0.4, 0.5) is 10.6 Å². The summed E-state index contributed by atoms with van der Waals surface area (Å²) in [4.78, 5) is 32.7. The Morgan fingerprint density at radius 1 is 1.23 bits per heavy atom. The molecule has 8 nitrogen and oxygen atoms in total. The summed E-state index contributed by atoms with van der Waals surface area (Å²) in [6.45, 7) is 2.27. The van der Waals surface area contributed by atoms with Crippen molar-refractivity contribution >= 4 is 17.9 Å². The van der Waals surface area contributed by atoms with Crippen LogP contribution in [0.5, 0.6) is 0 Å². The quantitative estimate of drug-likeness (QED) is 0.815. The van der Waals surface area contributed by atoms with Crippen molar-refractivity contribution in [2.24, 2.45) is 5.92 Å². The molecule has 0 spiro atoms. The predicted molar refractivity (Wildman–Crippen MR) is 93.9 cm³/mol. The van der Waals surface area contributed by atoms with Gasteiger partial charge in [-0.05, 0) is 17.9 Å². The molecule has 2 heterocycles. The molecule has 1 aliphatic rings. The number of benzene rings is 1. The average molecular weight is 356 g/mol. The number of anilines is 1. The molecule has 1 aromatic heterocycles. The van der Waals surface area contributed by atoms with Gasteiger partial charge in [-0.2, -0.15) is 0 Å². The third kappa shape index (κ3) is 4.69. The summed E-state index contributed by atoms with van der Waals surface area (Å²) in [7, 11) is 0. The molecule has 26 heavy (non-hydrogen) atoms. The van der Waals surface area contributed by atoms with Gasteiger partial charge >= 0.3 is 12.1 Å². The van der Waals surface area contributed by atoms with E-state index in [9.17, 15) is 9.59 Å². The maximum Gasteiger partial charge on any atom is 0.407 e. The van der Waals surface area contributed by atoms with Crippen LogP contribution in [0.25, 0.3) is 0 Å². The second-order valence-corrected chi connectivity index (χ2v) is 6.11. The van der Waals surface area contributed by atoms with Crippen LogP contribution >= 0.6 is 0 Å². The normalized spacial score (nSPS) is 16.3. The summed E-state index contributed by atoms with van der Waals surface area (Å²) in [5.74, 6) is -0.175. The highest BCUT2D eigenvalue weighted by molar-refractivity contribution is 5.84. The van der Waals surface area contributed by atoms with Crippen molar-refractivity contribution in [2.75, 3.05) is 24.5 Å². The van der Waals surface area contributed by atoms with E-state index in [1.54, 1.807) is 0 Å². The summed E-state index contributed by atoms with van der Waals surface area (Å²) >= 11 is 0. The highest BCUT2D eigenvalue weighted by Crippen LogP contribution is 2.21. The first kappa shape index (κ1) is 17.7. The second-order valence-electron chi connectivity index (χ2n) is 6.11. The molecule has 8 heteroatoms. The number of hydrogen-bond acceptors (Lipinski definition) is 6. The van der Waals surface area contributed by atoms with Gasteiger partial charge in [-0.1, -0.05) is 30.3 Å². The number of amides is 1. The molecule has 2 aromatic rings. The smallest absolute Gasteiger partial charge is 0.407 e. The van der Waals surface area contributed by atoms with E-state index >= 15 is 0 Å². The highest BCUT2D eigenvalue weighted by atomic mass is 16.5. The van der Waals surface area contributed by atoms with Crippen LogP contribution in [0.1, 0.15) is 22.5 Å². The number of aromatic carboxylic acids is 1. The number of hydrogen-bond donors (Lipinski definition) is 2. The fourth-order valence-electron chi connectivity index (χ4n) is 2.80. The standard InChI is InChI=1S/C18H20N4O4/c23-17(24)15-9-20-16(10-19-15)22-7-6-14(11-22)8-21-18(25)26-12-13-4-2-1-3-5-13/h1-5,9-10,14H,6-8,11-12H2,(H,21,25)(H,23,24). The first-order chi connectivity index (χ1) is 12.6. The number of ether oxygens (including phenoxy) is 1. The van der Waals surface area contributed by atoms with Gasteiger partial charge in [0.25, 0.3) is 0 Å². The maximum absolute atomic E-state index is 11.8. The Kier molecular flexibility index (Phi) is 5.62. The van der Waals surface area contributed by atoms with Crippen molar-refractivity contribution < 1.29 is 19.4 Å². The van der Waals surface area contributed by atoms with Crippen molar-refractivity contribution in [1.82, 2.24) is 15.3 Å². The van der Waals surface area contributed by atoms with Crippen LogP contribution in [0, 0.1) is 5.92 Å². The minimum atomic E-state index is -1.10. The van der Waals surface area contributed by atoms with Crippen LogP contribution in [0.15, 0.2) is 42.7 Å². The van der Waals surface area contributed by atoms with Crippen molar-refractivity contribution in [3.8, 4) is 0 Å². The van der Waals surface area contributed by atoms with E-state index in [0.717, 1.165) is 25.1 Å².